The SMILES string of the molecule is CNS(=O)(=O)CCNC(=O)N(CC(=O)O)CC(C)C. The Kier molecular flexibility index (Phi) is 7.38. The summed E-state index contributed by atoms with van der Waals surface area (Å²) < 4.78 is 24.4. The van der Waals surface area contributed by atoms with Crippen molar-refractivity contribution in [2.75, 3.05) is 32.4 Å². The normalized spacial score (nSPS) is 11.4. The Balaban J connectivity index is 4.36. The summed E-state index contributed by atoms with van der Waals surface area (Å²) in [5.41, 5.74) is 0. The Bertz CT molecular complexity index is 407. The molecular formula is C10H21N3O5S. The molecule has 0 bridgehead atoms. The fourth-order valence-electron chi connectivity index (χ4n) is 1.33. The van der Waals surface area contributed by atoms with Gasteiger partial charge in [-0.15, -0.1) is 0 Å². The van der Waals surface area contributed by atoms with Crippen LogP contribution in [-0.2, 0) is 14.8 Å². The summed E-state index contributed by atoms with van der Waals surface area (Å²) in [5, 5.41) is 11.1. The van der Waals surface area contributed by atoms with Crippen LogP contribution in [0.5, 0.6) is 0 Å². The lowest BCUT2D eigenvalue weighted by atomic mass is 10.2. The molecule has 0 rings (SSSR count). The Labute approximate surface area is 113 Å². The number of carboxylic acid groups (broad SMARTS) is 1. The van der Waals surface area contributed by atoms with Crippen molar-refractivity contribution in [3.63, 3.8) is 0 Å². The fourth-order valence-corrected chi connectivity index (χ4v) is 1.90. The maximum atomic E-state index is 11.7. The number of aliphatic carboxylic acids is 1. The molecule has 0 aromatic heterocycles. The zero-order valence-electron chi connectivity index (χ0n) is 11.3. The van der Waals surface area contributed by atoms with Crippen LogP contribution in [0, 0.1) is 5.92 Å². The third-order valence-electron chi connectivity index (χ3n) is 2.16. The van der Waals surface area contributed by atoms with E-state index in [1.54, 1.807) is 0 Å². The summed E-state index contributed by atoms with van der Waals surface area (Å²) in [5.74, 6) is -1.25. The van der Waals surface area contributed by atoms with Crippen LogP contribution in [0.4, 0.5) is 4.79 Å². The number of urea groups is 1. The van der Waals surface area contributed by atoms with Crippen LogP contribution in [-0.4, -0.2) is 62.9 Å². The van der Waals surface area contributed by atoms with Crippen LogP contribution in [0.2, 0.25) is 0 Å². The van der Waals surface area contributed by atoms with Crippen LogP contribution < -0.4 is 10.0 Å². The van der Waals surface area contributed by atoms with Crippen LogP contribution >= 0.6 is 0 Å². The first kappa shape index (κ1) is 17.6. The van der Waals surface area contributed by atoms with Gasteiger partial charge in [-0.3, -0.25) is 4.79 Å². The molecule has 0 atom stereocenters. The molecule has 0 saturated heterocycles. The van der Waals surface area contributed by atoms with Crippen molar-refractivity contribution in [2.45, 2.75) is 13.8 Å². The van der Waals surface area contributed by atoms with Crippen LogP contribution in [0.1, 0.15) is 13.8 Å². The number of nitrogens with zero attached hydrogens (tertiary/aromatic N) is 1. The van der Waals surface area contributed by atoms with Crippen LogP contribution in [0.15, 0.2) is 0 Å². The van der Waals surface area contributed by atoms with E-state index in [-0.39, 0.29) is 24.8 Å². The van der Waals surface area contributed by atoms with E-state index < -0.39 is 28.6 Å². The Hall–Kier alpha value is -1.35. The van der Waals surface area contributed by atoms with E-state index in [0.717, 1.165) is 4.90 Å². The van der Waals surface area contributed by atoms with Gasteiger partial charge in [-0.2, -0.15) is 0 Å². The highest BCUT2D eigenvalue weighted by atomic mass is 32.2. The highest BCUT2D eigenvalue weighted by Crippen LogP contribution is 1.99. The van der Waals surface area contributed by atoms with E-state index in [0.29, 0.717) is 0 Å². The quantitative estimate of drug-likeness (QED) is 0.547. The van der Waals surface area contributed by atoms with Gasteiger partial charge in [0.25, 0.3) is 0 Å². The number of sulfonamides is 1. The number of hydrogen-bond acceptors (Lipinski definition) is 4. The molecule has 19 heavy (non-hydrogen) atoms. The zero-order valence-corrected chi connectivity index (χ0v) is 12.2. The average Bonchev–Trinajstić information content (AvgIpc) is 2.26. The Morgan fingerprint density at radius 1 is 1.32 bits per heavy atom. The van der Waals surface area contributed by atoms with E-state index >= 15 is 0 Å². The van der Waals surface area contributed by atoms with Gasteiger partial charge in [0.05, 0.1) is 5.75 Å². The third-order valence-corrected chi connectivity index (χ3v) is 3.52. The molecule has 0 aliphatic carbocycles. The summed E-state index contributed by atoms with van der Waals surface area (Å²) in [6, 6.07) is -0.581. The van der Waals surface area contributed by atoms with Crippen molar-refractivity contribution in [1.29, 1.82) is 0 Å². The molecule has 112 valence electrons. The molecule has 0 aliphatic rings. The lowest BCUT2D eigenvalue weighted by molar-refractivity contribution is -0.137. The average molecular weight is 295 g/mol. The van der Waals surface area contributed by atoms with E-state index in [2.05, 4.69) is 10.0 Å². The fraction of sp³-hybridized carbons (Fsp3) is 0.800. The second kappa shape index (κ2) is 7.95. The number of carbonyl (C=O) groups is 2. The van der Waals surface area contributed by atoms with E-state index in [1.807, 2.05) is 13.8 Å². The van der Waals surface area contributed by atoms with E-state index in [4.69, 9.17) is 5.11 Å². The lowest BCUT2D eigenvalue weighted by Crippen LogP contribution is -2.46. The molecule has 0 unspecified atom stereocenters. The smallest absolute Gasteiger partial charge is 0.323 e. The standard InChI is InChI=1S/C10H21N3O5S/c1-8(2)6-13(7-9(14)15)10(16)12-4-5-19(17,18)11-3/h8,11H,4-7H2,1-3H3,(H,12,16)(H,14,15). The molecule has 0 fully saturated rings. The number of carboxylic acids is 1. The second-order valence-electron chi connectivity index (χ2n) is 4.42. The molecule has 2 amide bonds. The first-order valence-corrected chi connectivity index (χ1v) is 7.49. The van der Waals surface area contributed by atoms with Gasteiger partial charge in [-0.1, -0.05) is 13.8 Å². The molecule has 0 saturated carbocycles. The second-order valence-corrected chi connectivity index (χ2v) is 6.47. The van der Waals surface area contributed by atoms with E-state index in [1.165, 1.54) is 7.05 Å². The summed E-state index contributed by atoms with van der Waals surface area (Å²) >= 11 is 0. The van der Waals surface area contributed by atoms with Crippen molar-refractivity contribution in [1.82, 2.24) is 14.9 Å². The maximum absolute atomic E-state index is 11.7. The Morgan fingerprint density at radius 3 is 2.32 bits per heavy atom. The minimum Gasteiger partial charge on any atom is -0.480 e. The molecule has 0 aromatic carbocycles. The molecule has 0 aromatic rings. The van der Waals surface area contributed by atoms with Gasteiger partial charge in [0.2, 0.25) is 10.0 Å². The summed E-state index contributed by atoms with van der Waals surface area (Å²) in [6.07, 6.45) is 0. The molecule has 9 heteroatoms. The molecule has 0 aliphatic heterocycles. The van der Waals surface area contributed by atoms with Crippen molar-refractivity contribution in [2.24, 2.45) is 5.92 Å². The summed E-state index contributed by atoms with van der Waals surface area (Å²) in [7, 11) is -2.10. The predicted molar refractivity (Wildman–Crippen MR) is 70.3 cm³/mol. The van der Waals surface area contributed by atoms with Gasteiger partial charge in [0.1, 0.15) is 6.54 Å². The maximum Gasteiger partial charge on any atom is 0.323 e. The number of nitrogens with one attached hydrogen (secondary N) is 2. The molecule has 3 N–H and O–H groups in total. The summed E-state index contributed by atoms with van der Waals surface area (Å²) in [4.78, 5) is 23.5. The van der Waals surface area contributed by atoms with E-state index in [9.17, 15) is 18.0 Å². The van der Waals surface area contributed by atoms with Crippen molar-refractivity contribution in [3.8, 4) is 0 Å². The van der Waals surface area contributed by atoms with Crippen LogP contribution in [0.25, 0.3) is 0 Å². The Morgan fingerprint density at radius 2 is 1.89 bits per heavy atom. The van der Waals surface area contributed by atoms with Gasteiger partial charge in [0, 0.05) is 13.1 Å². The molecular weight excluding hydrogens is 274 g/mol. The zero-order chi connectivity index (χ0) is 15.1. The molecule has 0 heterocycles. The first-order chi connectivity index (χ1) is 8.68. The molecule has 0 radical (unpaired) electrons. The monoisotopic (exact) mass is 295 g/mol. The minimum atomic E-state index is -3.39. The van der Waals surface area contributed by atoms with Gasteiger partial charge in [0.15, 0.2) is 0 Å². The number of rotatable bonds is 8. The van der Waals surface area contributed by atoms with Gasteiger partial charge in [-0.05, 0) is 13.0 Å². The topological polar surface area (TPSA) is 116 Å². The highest BCUT2D eigenvalue weighted by Gasteiger charge is 2.18. The third kappa shape index (κ3) is 8.38. The number of hydrogen-bond donors (Lipinski definition) is 3. The largest absolute Gasteiger partial charge is 0.480 e. The van der Waals surface area contributed by atoms with Crippen molar-refractivity contribution in [3.05, 3.63) is 0 Å². The highest BCUT2D eigenvalue weighted by molar-refractivity contribution is 7.89. The van der Waals surface area contributed by atoms with Crippen molar-refractivity contribution >= 4 is 22.0 Å². The molecule has 8 nitrogen and oxygen atoms in total. The number of carbonyl (C=O) groups excluding carboxylic acids is 1. The van der Waals surface area contributed by atoms with Gasteiger partial charge < -0.3 is 15.3 Å². The predicted octanol–water partition coefficient (Wildman–Crippen LogP) is -0.712. The lowest BCUT2D eigenvalue weighted by Gasteiger charge is -2.23. The first-order valence-electron chi connectivity index (χ1n) is 5.83. The van der Waals surface area contributed by atoms with Gasteiger partial charge >= 0.3 is 12.0 Å². The van der Waals surface area contributed by atoms with Crippen LogP contribution in [0.3, 0.4) is 0 Å². The number of amides is 2. The van der Waals surface area contributed by atoms with Gasteiger partial charge in [-0.25, -0.2) is 17.9 Å². The van der Waals surface area contributed by atoms with Crippen molar-refractivity contribution < 1.29 is 23.1 Å². The molecule has 0 spiro atoms. The summed E-state index contributed by atoms with van der Waals surface area (Å²) in [6.45, 7) is 3.51. The minimum absolute atomic E-state index is 0.0732.